The van der Waals surface area contributed by atoms with E-state index in [0.29, 0.717) is 24.6 Å². The lowest BCUT2D eigenvalue weighted by Gasteiger charge is -2.18. The van der Waals surface area contributed by atoms with E-state index in [9.17, 15) is 13.2 Å². The van der Waals surface area contributed by atoms with E-state index in [0.717, 1.165) is 23.6 Å². The van der Waals surface area contributed by atoms with Crippen molar-refractivity contribution in [3.63, 3.8) is 0 Å². The number of aromatic nitrogens is 1. The third-order valence-corrected chi connectivity index (χ3v) is 7.26. The predicted octanol–water partition coefficient (Wildman–Crippen LogP) is 3.64. The number of benzene rings is 2. The molecule has 3 aromatic rings. The van der Waals surface area contributed by atoms with Crippen molar-refractivity contribution in [2.45, 2.75) is 37.3 Å². The van der Waals surface area contributed by atoms with Gasteiger partial charge in [-0.25, -0.2) is 8.42 Å². The lowest BCUT2D eigenvalue weighted by molar-refractivity contribution is -0.109. The first-order valence-electron chi connectivity index (χ1n) is 10.3. The Balaban J connectivity index is 1.53. The number of hydrogen-bond acceptors (Lipinski definition) is 5. The summed E-state index contributed by atoms with van der Waals surface area (Å²) in [5.74, 6) is 1.30. The van der Waals surface area contributed by atoms with Crippen molar-refractivity contribution in [2.75, 3.05) is 19.7 Å². The van der Waals surface area contributed by atoms with E-state index in [1.165, 1.54) is 4.31 Å². The summed E-state index contributed by atoms with van der Waals surface area (Å²) in [6, 6.07) is 14.2. The standard InChI is InChI=1S/C23H26N2O5S/c1-17(2)30-19-6-8-20(9-7-19)31(27,28)24-12-10-18(16-24)25-13-11-21-22(25)4-3-5-23(21)29-15-14-26/h3-9,11,13-14,17-18H,10,12,15-16H2,1-2H3/t18-/m0/s1. The van der Waals surface area contributed by atoms with Crippen LogP contribution in [0.15, 0.2) is 59.6 Å². The number of rotatable bonds is 8. The van der Waals surface area contributed by atoms with Crippen molar-refractivity contribution < 1.29 is 22.7 Å². The van der Waals surface area contributed by atoms with Crippen LogP contribution >= 0.6 is 0 Å². The Morgan fingerprint density at radius 3 is 2.61 bits per heavy atom. The van der Waals surface area contributed by atoms with Crippen LogP contribution in [0.5, 0.6) is 11.5 Å². The van der Waals surface area contributed by atoms with E-state index >= 15 is 0 Å². The molecule has 4 rings (SSSR count). The molecule has 1 fully saturated rings. The van der Waals surface area contributed by atoms with E-state index in [-0.39, 0.29) is 23.6 Å². The van der Waals surface area contributed by atoms with Crippen molar-refractivity contribution >= 4 is 27.2 Å². The van der Waals surface area contributed by atoms with Crippen molar-refractivity contribution in [3.05, 3.63) is 54.7 Å². The van der Waals surface area contributed by atoms with Gasteiger partial charge in [0.05, 0.1) is 16.5 Å². The molecule has 0 aliphatic carbocycles. The molecule has 1 aliphatic heterocycles. The summed E-state index contributed by atoms with van der Waals surface area (Å²) in [5, 5.41) is 0.909. The number of hydrogen-bond donors (Lipinski definition) is 0. The van der Waals surface area contributed by atoms with Gasteiger partial charge in [-0.15, -0.1) is 0 Å². The Hall–Kier alpha value is -2.84. The number of ether oxygens (including phenoxy) is 2. The van der Waals surface area contributed by atoms with Gasteiger partial charge in [0.1, 0.15) is 18.1 Å². The Morgan fingerprint density at radius 1 is 1.13 bits per heavy atom. The van der Waals surface area contributed by atoms with Gasteiger partial charge in [0, 0.05) is 30.7 Å². The number of sulfonamides is 1. The van der Waals surface area contributed by atoms with Crippen LogP contribution in [-0.2, 0) is 14.8 Å². The second-order valence-corrected chi connectivity index (χ2v) is 9.77. The molecule has 2 heterocycles. The number of fused-ring (bicyclic) bond motifs is 1. The molecular formula is C23H26N2O5S. The third kappa shape index (κ3) is 4.31. The van der Waals surface area contributed by atoms with E-state index < -0.39 is 10.0 Å². The van der Waals surface area contributed by atoms with Crippen LogP contribution < -0.4 is 9.47 Å². The molecule has 1 aliphatic rings. The highest BCUT2D eigenvalue weighted by molar-refractivity contribution is 7.89. The van der Waals surface area contributed by atoms with Crippen LogP contribution in [0.3, 0.4) is 0 Å². The summed E-state index contributed by atoms with van der Waals surface area (Å²) in [7, 11) is -3.58. The van der Waals surface area contributed by atoms with E-state index in [4.69, 9.17) is 9.47 Å². The summed E-state index contributed by atoms with van der Waals surface area (Å²) >= 11 is 0. The molecule has 7 nitrogen and oxygen atoms in total. The third-order valence-electron chi connectivity index (χ3n) is 5.38. The van der Waals surface area contributed by atoms with Gasteiger partial charge < -0.3 is 14.0 Å². The van der Waals surface area contributed by atoms with Gasteiger partial charge in [-0.05, 0) is 62.7 Å². The van der Waals surface area contributed by atoms with E-state index in [1.54, 1.807) is 24.3 Å². The van der Waals surface area contributed by atoms with E-state index in [2.05, 4.69) is 4.57 Å². The highest BCUT2D eigenvalue weighted by atomic mass is 32.2. The van der Waals surface area contributed by atoms with Gasteiger partial charge >= 0.3 is 0 Å². The van der Waals surface area contributed by atoms with Gasteiger partial charge in [-0.2, -0.15) is 4.31 Å². The fourth-order valence-electron chi connectivity index (χ4n) is 4.00. The number of carbonyl (C=O) groups is 1. The van der Waals surface area contributed by atoms with Gasteiger partial charge in [0.15, 0.2) is 6.29 Å². The Morgan fingerprint density at radius 2 is 1.90 bits per heavy atom. The van der Waals surface area contributed by atoms with Gasteiger partial charge in [-0.1, -0.05) is 6.07 Å². The number of aldehydes is 1. The minimum Gasteiger partial charge on any atom is -0.491 e. The van der Waals surface area contributed by atoms with Crippen LogP contribution in [0.2, 0.25) is 0 Å². The Bertz CT molecular complexity index is 1170. The summed E-state index contributed by atoms with van der Waals surface area (Å²) in [6.45, 7) is 4.71. The maximum atomic E-state index is 13.1. The lowest BCUT2D eigenvalue weighted by Crippen LogP contribution is -2.29. The minimum absolute atomic E-state index is 0.000736. The molecule has 2 aromatic carbocycles. The molecule has 31 heavy (non-hydrogen) atoms. The maximum absolute atomic E-state index is 13.1. The molecular weight excluding hydrogens is 416 g/mol. The summed E-state index contributed by atoms with van der Waals surface area (Å²) < 4.78 is 41.0. The second kappa shape index (κ2) is 8.72. The topological polar surface area (TPSA) is 77.8 Å². The molecule has 1 atom stereocenters. The van der Waals surface area contributed by atoms with Crippen LogP contribution in [0.1, 0.15) is 26.3 Å². The molecule has 0 amide bonds. The summed E-state index contributed by atoms with van der Waals surface area (Å²) in [5.41, 5.74) is 0.961. The number of carbonyl (C=O) groups excluding carboxylic acids is 1. The molecule has 0 N–H and O–H groups in total. The maximum Gasteiger partial charge on any atom is 0.243 e. The molecule has 1 aromatic heterocycles. The smallest absolute Gasteiger partial charge is 0.243 e. The van der Waals surface area contributed by atoms with Crippen LogP contribution in [0.4, 0.5) is 0 Å². The zero-order valence-electron chi connectivity index (χ0n) is 17.6. The highest BCUT2D eigenvalue weighted by Gasteiger charge is 2.33. The Labute approximate surface area is 182 Å². The summed E-state index contributed by atoms with van der Waals surface area (Å²) in [6.07, 6.45) is 3.42. The van der Waals surface area contributed by atoms with Crippen LogP contribution in [0, 0.1) is 0 Å². The predicted molar refractivity (Wildman–Crippen MR) is 118 cm³/mol. The SMILES string of the molecule is CC(C)Oc1ccc(S(=O)(=O)N2CC[C@H](n3ccc4c(OCC=O)cccc43)C2)cc1. The van der Waals surface area contributed by atoms with Crippen LogP contribution in [-0.4, -0.2) is 49.4 Å². The van der Waals surface area contributed by atoms with Crippen molar-refractivity contribution in [1.29, 1.82) is 0 Å². The molecule has 0 bridgehead atoms. The molecule has 0 unspecified atom stereocenters. The zero-order chi connectivity index (χ0) is 22.0. The average Bonchev–Trinajstić information content (AvgIpc) is 3.40. The number of nitrogens with zero attached hydrogens (tertiary/aromatic N) is 2. The van der Waals surface area contributed by atoms with E-state index in [1.807, 2.05) is 44.3 Å². The molecule has 0 spiro atoms. The second-order valence-electron chi connectivity index (χ2n) is 7.83. The zero-order valence-corrected chi connectivity index (χ0v) is 18.4. The van der Waals surface area contributed by atoms with Crippen molar-refractivity contribution in [3.8, 4) is 11.5 Å². The largest absolute Gasteiger partial charge is 0.491 e. The molecule has 0 saturated carbocycles. The first-order chi connectivity index (χ1) is 14.9. The van der Waals surface area contributed by atoms with Gasteiger partial charge in [0.2, 0.25) is 10.0 Å². The Kier molecular flexibility index (Phi) is 6.02. The van der Waals surface area contributed by atoms with Crippen molar-refractivity contribution in [2.24, 2.45) is 0 Å². The lowest BCUT2D eigenvalue weighted by atomic mass is 10.2. The monoisotopic (exact) mass is 442 g/mol. The molecule has 8 heteroatoms. The van der Waals surface area contributed by atoms with Gasteiger partial charge in [0.25, 0.3) is 0 Å². The normalized spacial score (nSPS) is 17.3. The van der Waals surface area contributed by atoms with Crippen LogP contribution in [0.25, 0.3) is 10.9 Å². The fourth-order valence-corrected chi connectivity index (χ4v) is 5.49. The quantitative estimate of drug-likeness (QED) is 0.498. The molecule has 1 saturated heterocycles. The molecule has 0 radical (unpaired) electrons. The highest BCUT2D eigenvalue weighted by Crippen LogP contribution is 2.33. The first-order valence-corrected chi connectivity index (χ1v) is 11.8. The average molecular weight is 443 g/mol. The van der Waals surface area contributed by atoms with Gasteiger partial charge in [-0.3, -0.25) is 4.79 Å². The summed E-state index contributed by atoms with van der Waals surface area (Å²) in [4.78, 5) is 10.9. The minimum atomic E-state index is -3.58. The first kappa shape index (κ1) is 21.4. The van der Waals surface area contributed by atoms with Crippen molar-refractivity contribution in [1.82, 2.24) is 8.87 Å². The molecule has 164 valence electrons. The fraction of sp³-hybridized carbons (Fsp3) is 0.348.